The fourth-order valence-electron chi connectivity index (χ4n) is 3.10. The van der Waals surface area contributed by atoms with Gasteiger partial charge in [0.05, 0.1) is 0 Å². The highest BCUT2D eigenvalue weighted by molar-refractivity contribution is 14.0. The predicted octanol–water partition coefficient (Wildman–Crippen LogP) is 2.97. The van der Waals surface area contributed by atoms with Gasteiger partial charge in [-0.15, -0.1) is 24.0 Å². The summed E-state index contributed by atoms with van der Waals surface area (Å²) in [6.07, 6.45) is -2.41. The van der Waals surface area contributed by atoms with Crippen LogP contribution in [0.3, 0.4) is 0 Å². The second-order valence-corrected chi connectivity index (χ2v) is 6.60. The van der Waals surface area contributed by atoms with E-state index >= 15 is 0 Å². The van der Waals surface area contributed by atoms with Crippen molar-refractivity contribution in [2.24, 2.45) is 4.99 Å². The van der Waals surface area contributed by atoms with Crippen LogP contribution in [-0.2, 0) is 6.18 Å². The number of aromatic nitrogens is 2. The van der Waals surface area contributed by atoms with Crippen LogP contribution in [0, 0.1) is 0 Å². The van der Waals surface area contributed by atoms with Gasteiger partial charge in [-0.05, 0) is 24.6 Å². The number of anilines is 2. The Morgan fingerprint density at radius 1 is 1.20 bits per heavy atom. The van der Waals surface area contributed by atoms with Crippen LogP contribution in [0.1, 0.15) is 12.1 Å². The van der Waals surface area contributed by atoms with Gasteiger partial charge in [-0.2, -0.15) is 13.2 Å². The van der Waals surface area contributed by atoms with Gasteiger partial charge in [0, 0.05) is 51.2 Å². The number of rotatable bonds is 6. The summed E-state index contributed by atoms with van der Waals surface area (Å²) in [6, 6.07) is 11.3. The maximum atomic E-state index is 12.7. The van der Waals surface area contributed by atoms with E-state index in [1.54, 1.807) is 7.05 Å². The van der Waals surface area contributed by atoms with Gasteiger partial charge in [0.2, 0.25) is 5.95 Å². The molecule has 0 amide bonds. The summed E-state index contributed by atoms with van der Waals surface area (Å²) in [6.45, 7) is 2.64. The summed E-state index contributed by atoms with van der Waals surface area (Å²) >= 11 is 0. The number of hydrogen-bond donors (Lipinski definition) is 3. The van der Waals surface area contributed by atoms with Crippen molar-refractivity contribution in [1.82, 2.24) is 20.6 Å². The summed E-state index contributed by atoms with van der Waals surface area (Å²) in [5.41, 5.74) is 0.231. The molecular weight excluding hydrogens is 510 g/mol. The molecule has 3 rings (SSSR count). The first-order valence-electron chi connectivity index (χ1n) is 9.37. The van der Waals surface area contributed by atoms with E-state index in [4.69, 9.17) is 0 Å². The third-order valence-electron chi connectivity index (χ3n) is 4.52. The van der Waals surface area contributed by atoms with Crippen molar-refractivity contribution >= 4 is 41.6 Å². The lowest BCUT2D eigenvalue weighted by Gasteiger charge is -2.20. The largest absolute Gasteiger partial charge is 0.433 e. The molecule has 3 N–H and O–H groups in total. The number of halogens is 4. The van der Waals surface area contributed by atoms with Crippen LogP contribution in [0.25, 0.3) is 0 Å². The number of hydrogen-bond acceptors (Lipinski definition) is 5. The first-order valence-corrected chi connectivity index (χ1v) is 9.37. The molecule has 0 spiro atoms. The molecule has 2 heterocycles. The lowest BCUT2D eigenvalue weighted by molar-refractivity contribution is -0.141. The van der Waals surface area contributed by atoms with Gasteiger partial charge in [0.1, 0.15) is 5.69 Å². The van der Waals surface area contributed by atoms with E-state index in [0.717, 1.165) is 31.8 Å². The van der Waals surface area contributed by atoms with E-state index in [2.05, 4.69) is 47.9 Å². The first kappa shape index (κ1) is 24.0. The van der Waals surface area contributed by atoms with E-state index in [0.29, 0.717) is 19.0 Å². The molecule has 1 aromatic heterocycles. The first-order chi connectivity index (χ1) is 14.0. The maximum absolute atomic E-state index is 12.7. The van der Waals surface area contributed by atoms with Crippen LogP contribution in [0.15, 0.2) is 47.6 Å². The molecule has 2 aromatic rings. The van der Waals surface area contributed by atoms with Gasteiger partial charge >= 0.3 is 6.18 Å². The van der Waals surface area contributed by atoms with Crippen LogP contribution >= 0.6 is 24.0 Å². The quantitative estimate of drug-likeness (QED) is 0.229. The molecular formula is C19H25F3IN7. The lowest BCUT2D eigenvalue weighted by Crippen LogP contribution is -2.45. The van der Waals surface area contributed by atoms with E-state index in [-0.39, 0.29) is 36.0 Å². The molecule has 0 aliphatic carbocycles. The maximum Gasteiger partial charge on any atom is 0.433 e. The summed E-state index contributed by atoms with van der Waals surface area (Å²) in [4.78, 5) is 13.8. The number of alkyl halides is 3. The Kier molecular flexibility index (Phi) is 8.93. The molecule has 7 nitrogen and oxygen atoms in total. The van der Waals surface area contributed by atoms with Crippen molar-refractivity contribution in [2.75, 3.05) is 43.4 Å². The number of para-hydroxylation sites is 1. The van der Waals surface area contributed by atoms with Crippen LogP contribution in [0.2, 0.25) is 0 Å². The highest BCUT2D eigenvalue weighted by atomic mass is 127. The van der Waals surface area contributed by atoms with Gasteiger partial charge in [-0.1, -0.05) is 18.2 Å². The van der Waals surface area contributed by atoms with Crippen LogP contribution in [-0.4, -0.2) is 55.2 Å². The Morgan fingerprint density at radius 3 is 2.67 bits per heavy atom. The fraction of sp³-hybridized carbons (Fsp3) is 0.421. The zero-order valence-electron chi connectivity index (χ0n) is 16.5. The lowest BCUT2D eigenvalue weighted by atomic mass is 10.3. The topological polar surface area (TPSA) is 77.5 Å². The molecule has 1 saturated heterocycles. The summed E-state index contributed by atoms with van der Waals surface area (Å²) < 4.78 is 38.0. The molecule has 30 heavy (non-hydrogen) atoms. The Morgan fingerprint density at radius 2 is 1.97 bits per heavy atom. The summed E-state index contributed by atoms with van der Waals surface area (Å²) in [5.74, 6) is 0.593. The number of benzene rings is 1. The zero-order chi connectivity index (χ0) is 20.7. The van der Waals surface area contributed by atoms with Crippen molar-refractivity contribution in [3.8, 4) is 0 Å². The molecule has 1 unspecified atom stereocenters. The Labute approximate surface area is 190 Å². The van der Waals surface area contributed by atoms with E-state index in [9.17, 15) is 13.2 Å². The van der Waals surface area contributed by atoms with Crippen LogP contribution in [0.5, 0.6) is 0 Å². The minimum atomic E-state index is -4.49. The molecule has 0 bridgehead atoms. The van der Waals surface area contributed by atoms with Gasteiger partial charge in [0.25, 0.3) is 0 Å². The van der Waals surface area contributed by atoms with Crippen molar-refractivity contribution in [3.63, 3.8) is 0 Å². The van der Waals surface area contributed by atoms with E-state index < -0.39 is 11.9 Å². The molecule has 1 fully saturated rings. The standard InChI is InChI=1S/C19H24F3N7.HI/c1-23-17(27-14-8-12-29(13-14)15-5-3-2-4-6-15)25-10-11-26-18-24-9-7-16(28-18)19(20,21)22;/h2-7,9,14H,8,10-13H2,1H3,(H2,23,25,27)(H,24,26,28);1H. The molecule has 1 aromatic carbocycles. The zero-order valence-corrected chi connectivity index (χ0v) is 18.8. The smallest absolute Gasteiger partial charge is 0.369 e. The van der Waals surface area contributed by atoms with Gasteiger partial charge in [0.15, 0.2) is 5.96 Å². The fourth-order valence-corrected chi connectivity index (χ4v) is 3.10. The predicted molar refractivity (Wildman–Crippen MR) is 122 cm³/mol. The minimum absolute atomic E-state index is 0. The Balaban J connectivity index is 0.00000320. The monoisotopic (exact) mass is 535 g/mol. The number of guanidine groups is 1. The third kappa shape index (κ3) is 6.89. The molecule has 1 aliphatic heterocycles. The summed E-state index contributed by atoms with van der Waals surface area (Å²) in [5, 5.41) is 9.31. The van der Waals surface area contributed by atoms with Gasteiger partial charge in [-0.3, -0.25) is 4.99 Å². The van der Waals surface area contributed by atoms with Crippen LogP contribution < -0.4 is 20.9 Å². The summed E-state index contributed by atoms with van der Waals surface area (Å²) in [7, 11) is 1.68. The molecule has 0 radical (unpaired) electrons. The van der Waals surface area contributed by atoms with Crippen molar-refractivity contribution in [1.29, 1.82) is 0 Å². The number of aliphatic imine (C=N–C) groups is 1. The highest BCUT2D eigenvalue weighted by Crippen LogP contribution is 2.27. The second kappa shape index (κ2) is 11.2. The van der Waals surface area contributed by atoms with Gasteiger partial charge in [-0.25, -0.2) is 9.97 Å². The average molecular weight is 535 g/mol. The van der Waals surface area contributed by atoms with Gasteiger partial charge < -0.3 is 20.9 Å². The minimum Gasteiger partial charge on any atom is -0.369 e. The second-order valence-electron chi connectivity index (χ2n) is 6.60. The Hall–Kier alpha value is -2.31. The van der Waals surface area contributed by atoms with Crippen molar-refractivity contribution in [3.05, 3.63) is 48.3 Å². The van der Waals surface area contributed by atoms with Crippen LogP contribution in [0.4, 0.5) is 24.8 Å². The molecule has 11 heteroatoms. The number of nitrogens with one attached hydrogen (secondary N) is 3. The van der Waals surface area contributed by atoms with E-state index in [1.807, 2.05) is 18.2 Å². The molecule has 164 valence electrons. The molecule has 1 aliphatic rings. The van der Waals surface area contributed by atoms with Crippen molar-refractivity contribution < 1.29 is 13.2 Å². The highest BCUT2D eigenvalue weighted by Gasteiger charge is 2.32. The third-order valence-corrected chi connectivity index (χ3v) is 4.52. The van der Waals surface area contributed by atoms with E-state index in [1.165, 1.54) is 5.69 Å². The SMILES string of the molecule is CN=C(NCCNc1nccc(C(F)(F)F)n1)NC1CCN(c2ccccc2)C1.I. The van der Waals surface area contributed by atoms with Crippen molar-refractivity contribution in [2.45, 2.75) is 18.6 Å². The molecule has 0 saturated carbocycles. The number of nitrogens with zero attached hydrogens (tertiary/aromatic N) is 4. The normalized spacial score (nSPS) is 16.7. The average Bonchev–Trinajstić information content (AvgIpc) is 3.19. The molecule has 1 atom stereocenters. The Bertz CT molecular complexity index is 817.